The van der Waals surface area contributed by atoms with Crippen molar-refractivity contribution in [1.82, 2.24) is 9.80 Å². The Morgan fingerprint density at radius 3 is 2.48 bits per heavy atom. The Balaban J connectivity index is 1.79. The van der Waals surface area contributed by atoms with Gasteiger partial charge < -0.3 is 15.5 Å². The van der Waals surface area contributed by atoms with E-state index in [1.165, 1.54) is 6.42 Å². The van der Waals surface area contributed by atoms with E-state index in [9.17, 15) is 4.79 Å². The van der Waals surface area contributed by atoms with Gasteiger partial charge in [-0.15, -0.1) is 0 Å². The fourth-order valence-electron chi connectivity index (χ4n) is 3.83. The van der Waals surface area contributed by atoms with Crippen LogP contribution in [-0.2, 0) is 4.79 Å². The van der Waals surface area contributed by atoms with Gasteiger partial charge in [0.05, 0.1) is 0 Å². The van der Waals surface area contributed by atoms with Crippen molar-refractivity contribution < 1.29 is 4.79 Å². The molecule has 1 saturated carbocycles. The molecule has 2 unspecified atom stereocenters. The number of amides is 1. The molecule has 2 fully saturated rings. The van der Waals surface area contributed by atoms with Crippen LogP contribution in [0.25, 0.3) is 0 Å². The van der Waals surface area contributed by atoms with Crippen molar-refractivity contribution in [2.75, 3.05) is 33.2 Å². The molecule has 0 aromatic carbocycles. The highest BCUT2D eigenvalue weighted by Gasteiger charge is 2.35. The molecule has 0 bridgehead atoms. The summed E-state index contributed by atoms with van der Waals surface area (Å²) in [6.07, 6.45) is 5.68. The third-order valence-corrected chi connectivity index (χ3v) is 5.63. The molecule has 4 heteroatoms. The Hall–Kier alpha value is -0.610. The summed E-state index contributed by atoms with van der Waals surface area (Å²) >= 11 is 0. The van der Waals surface area contributed by atoms with E-state index in [0.717, 1.165) is 51.2 Å². The van der Waals surface area contributed by atoms with Crippen molar-refractivity contribution in [3.63, 3.8) is 0 Å². The largest absolute Gasteiger partial charge is 0.342 e. The Morgan fingerprint density at radius 2 is 1.90 bits per heavy atom. The molecule has 122 valence electrons. The van der Waals surface area contributed by atoms with Crippen LogP contribution in [0.1, 0.15) is 46.0 Å². The van der Waals surface area contributed by atoms with E-state index in [1.54, 1.807) is 0 Å². The number of likely N-dealkylation sites (tertiary alicyclic amines) is 1. The van der Waals surface area contributed by atoms with Gasteiger partial charge in [0.1, 0.15) is 0 Å². The first kappa shape index (κ1) is 16.8. The lowest BCUT2D eigenvalue weighted by molar-refractivity contribution is -0.138. The molecule has 21 heavy (non-hydrogen) atoms. The fourth-order valence-corrected chi connectivity index (χ4v) is 3.83. The molecular weight excluding hydrogens is 262 g/mol. The molecule has 2 atom stereocenters. The molecule has 1 saturated heterocycles. The van der Waals surface area contributed by atoms with Gasteiger partial charge in [0.25, 0.3) is 0 Å². The number of hydrogen-bond donors (Lipinski definition) is 1. The van der Waals surface area contributed by atoms with Crippen molar-refractivity contribution >= 4 is 5.91 Å². The highest BCUT2D eigenvalue weighted by Crippen LogP contribution is 2.33. The first-order valence-electron chi connectivity index (χ1n) is 8.72. The van der Waals surface area contributed by atoms with E-state index in [2.05, 4.69) is 30.7 Å². The van der Waals surface area contributed by atoms with Crippen LogP contribution in [0.5, 0.6) is 0 Å². The number of hydrogen-bond acceptors (Lipinski definition) is 3. The van der Waals surface area contributed by atoms with Crippen LogP contribution < -0.4 is 5.73 Å². The summed E-state index contributed by atoms with van der Waals surface area (Å²) in [4.78, 5) is 17.2. The molecule has 0 aromatic heterocycles. The molecular formula is C17H33N3O. The number of rotatable bonds is 5. The van der Waals surface area contributed by atoms with Crippen LogP contribution in [0.3, 0.4) is 0 Å². The minimum atomic E-state index is 0.213. The van der Waals surface area contributed by atoms with Gasteiger partial charge in [0, 0.05) is 31.6 Å². The fraction of sp³-hybridized carbons (Fsp3) is 0.941. The minimum absolute atomic E-state index is 0.213. The van der Waals surface area contributed by atoms with E-state index < -0.39 is 0 Å². The Labute approximate surface area is 130 Å². The number of piperidine rings is 1. The molecule has 1 aliphatic heterocycles. The van der Waals surface area contributed by atoms with Gasteiger partial charge in [-0.3, -0.25) is 4.79 Å². The summed E-state index contributed by atoms with van der Waals surface area (Å²) in [5, 5.41) is 0. The zero-order valence-electron chi connectivity index (χ0n) is 14.1. The Morgan fingerprint density at radius 1 is 1.24 bits per heavy atom. The highest BCUT2D eigenvalue weighted by atomic mass is 16.2. The number of nitrogens with two attached hydrogens (primary N) is 1. The van der Waals surface area contributed by atoms with Gasteiger partial charge in [-0.25, -0.2) is 0 Å². The van der Waals surface area contributed by atoms with Crippen molar-refractivity contribution in [3.05, 3.63) is 0 Å². The summed E-state index contributed by atoms with van der Waals surface area (Å²) in [6, 6.07) is 0.605. The van der Waals surface area contributed by atoms with Gasteiger partial charge >= 0.3 is 0 Å². The standard InChI is InChI=1S/C17H33N3O/c1-13(2)19(3)12-14-7-9-20(10-8-14)17(21)16-6-4-5-15(16)11-18/h13-16H,4-12,18H2,1-3H3. The quantitative estimate of drug-likeness (QED) is 0.843. The second kappa shape index (κ2) is 7.59. The molecule has 1 heterocycles. The monoisotopic (exact) mass is 295 g/mol. The van der Waals surface area contributed by atoms with Gasteiger partial charge in [-0.1, -0.05) is 6.42 Å². The first-order valence-corrected chi connectivity index (χ1v) is 8.72. The predicted molar refractivity (Wildman–Crippen MR) is 87.0 cm³/mol. The van der Waals surface area contributed by atoms with Gasteiger partial charge in [-0.2, -0.15) is 0 Å². The molecule has 2 N–H and O–H groups in total. The summed E-state index contributed by atoms with van der Waals surface area (Å²) in [5.41, 5.74) is 5.82. The summed E-state index contributed by atoms with van der Waals surface area (Å²) in [5.74, 6) is 1.78. The van der Waals surface area contributed by atoms with Gasteiger partial charge in [-0.05, 0) is 65.0 Å². The third-order valence-electron chi connectivity index (χ3n) is 5.63. The molecule has 0 aromatic rings. The first-order chi connectivity index (χ1) is 10.0. The van der Waals surface area contributed by atoms with Crippen LogP contribution >= 0.6 is 0 Å². The maximum Gasteiger partial charge on any atom is 0.226 e. The molecule has 1 aliphatic carbocycles. The smallest absolute Gasteiger partial charge is 0.226 e. The van der Waals surface area contributed by atoms with Crippen molar-refractivity contribution in [2.24, 2.45) is 23.5 Å². The van der Waals surface area contributed by atoms with Crippen molar-refractivity contribution in [2.45, 2.75) is 52.0 Å². The zero-order valence-corrected chi connectivity index (χ0v) is 14.1. The van der Waals surface area contributed by atoms with Gasteiger partial charge in [0.15, 0.2) is 0 Å². The maximum absolute atomic E-state index is 12.7. The van der Waals surface area contributed by atoms with Crippen molar-refractivity contribution in [1.29, 1.82) is 0 Å². The molecule has 1 amide bonds. The number of nitrogens with zero attached hydrogens (tertiary/aromatic N) is 2. The zero-order chi connectivity index (χ0) is 15.4. The summed E-state index contributed by atoms with van der Waals surface area (Å²) < 4.78 is 0. The molecule has 4 nitrogen and oxygen atoms in total. The predicted octanol–water partition coefficient (Wildman–Crippen LogP) is 1.94. The normalized spacial score (nSPS) is 27.8. The lowest BCUT2D eigenvalue weighted by Crippen LogP contribution is -2.45. The highest BCUT2D eigenvalue weighted by molar-refractivity contribution is 5.79. The molecule has 0 radical (unpaired) electrons. The second-order valence-corrected chi connectivity index (χ2v) is 7.34. The van der Waals surface area contributed by atoms with Crippen LogP contribution in [0.4, 0.5) is 0 Å². The summed E-state index contributed by atoms with van der Waals surface area (Å²) in [7, 11) is 2.20. The average molecular weight is 295 g/mol. The Kier molecular flexibility index (Phi) is 6.06. The van der Waals surface area contributed by atoms with E-state index in [0.29, 0.717) is 24.4 Å². The van der Waals surface area contributed by atoms with E-state index in [4.69, 9.17) is 5.73 Å². The molecule has 2 aliphatic rings. The SMILES string of the molecule is CC(C)N(C)CC1CCN(C(=O)C2CCCC2CN)CC1. The van der Waals surface area contributed by atoms with Crippen LogP contribution in [0, 0.1) is 17.8 Å². The second-order valence-electron chi connectivity index (χ2n) is 7.34. The lowest BCUT2D eigenvalue weighted by Gasteiger charge is -2.36. The van der Waals surface area contributed by atoms with Crippen LogP contribution in [0.2, 0.25) is 0 Å². The van der Waals surface area contributed by atoms with E-state index in [1.807, 2.05) is 0 Å². The number of carbonyl (C=O) groups excluding carboxylic acids is 1. The van der Waals surface area contributed by atoms with Crippen LogP contribution in [0.15, 0.2) is 0 Å². The van der Waals surface area contributed by atoms with Crippen LogP contribution in [-0.4, -0.2) is 55.0 Å². The summed E-state index contributed by atoms with van der Waals surface area (Å²) in [6.45, 7) is 8.21. The Bertz CT molecular complexity index is 337. The van der Waals surface area contributed by atoms with Crippen molar-refractivity contribution in [3.8, 4) is 0 Å². The van der Waals surface area contributed by atoms with E-state index >= 15 is 0 Å². The third kappa shape index (κ3) is 4.19. The molecule has 2 rings (SSSR count). The topological polar surface area (TPSA) is 49.6 Å². The van der Waals surface area contributed by atoms with E-state index in [-0.39, 0.29) is 5.92 Å². The lowest BCUT2D eigenvalue weighted by atomic mass is 9.91. The minimum Gasteiger partial charge on any atom is -0.342 e. The number of carbonyl (C=O) groups is 1. The maximum atomic E-state index is 12.7. The van der Waals surface area contributed by atoms with Gasteiger partial charge in [0.2, 0.25) is 5.91 Å². The molecule has 0 spiro atoms. The average Bonchev–Trinajstić information content (AvgIpc) is 2.95.